The second-order valence-corrected chi connectivity index (χ2v) is 4.34. The largest absolute Gasteiger partial charge is 0.456 e. The predicted octanol–water partition coefficient (Wildman–Crippen LogP) is 3.79. The Morgan fingerprint density at radius 1 is 1.13 bits per heavy atom. The number of aryl methyl sites for hydroxylation is 1. The van der Waals surface area contributed by atoms with Gasteiger partial charge in [0.05, 0.1) is 6.20 Å². The molecule has 0 N–H and O–H groups in total. The molecule has 0 radical (unpaired) electrons. The Morgan fingerprint density at radius 3 is 2.67 bits per heavy atom. The van der Waals surface area contributed by atoms with E-state index in [1.807, 2.05) is 43.3 Å². The Hall–Kier alpha value is -1.10. The zero-order valence-electron chi connectivity index (χ0n) is 8.27. The summed E-state index contributed by atoms with van der Waals surface area (Å²) in [5.74, 6) is 1.61. The van der Waals surface area contributed by atoms with Crippen molar-refractivity contribution in [2.75, 3.05) is 0 Å². The van der Waals surface area contributed by atoms with Crippen LogP contribution < -0.4 is 4.74 Å². The van der Waals surface area contributed by atoms with Gasteiger partial charge >= 0.3 is 0 Å². The minimum atomic E-state index is 0.765. The van der Waals surface area contributed by atoms with Crippen molar-refractivity contribution in [2.24, 2.45) is 0 Å². The van der Waals surface area contributed by atoms with E-state index in [1.54, 1.807) is 6.20 Å². The lowest BCUT2D eigenvalue weighted by Gasteiger charge is -2.05. The molecule has 0 fully saturated rings. The molecule has 0 unspecified atom stereocenters. The molecular formula is C12H10INO. The molecule has 0 amide bonds. The van der Waals surface area contributed by atoms with Gasteiger partial charge in [-0.2, -0.15) is 0 Å². The Bertz CT molecular complexity index is 453. The van der Waals surface area contributed by atoms with Crippen molar-refractivity contribution in [2.45, 2.75) is 6.92 Å². The fourth-order valence-electron chi connectivity index (χ4n) is 1.24. The van der Waals surface area contributed by atoms with Gasteiger partial charge in [-0.3, -0.25) is 0 Å². The molecule has 0 bridgehead atoms. The number of ether oxygens (including phenoxy) is 1. The van der Waals surface area contributed by atoms with Crippen molar-refractivity contribution in [3.63, 3.8) is 0 Å². The highest BCUT2D eigenvalue weighted by Crippen LogP contribution is 2.21. The Kier molecular flexibility index (Phi) is 3.20. The monoisotopic (exact) mass is 311 g/mol. The van der Waals surface area contributed by atoms with E-state index in [2.05, 4.69) is 27.6 Å². The second kappa shape index (κ2) is 4.61. The van der Waals surface area contributed by atoms with Crippen molar-refractivity contribution in [3.8, 4) is 11.5 Å². The first-order valence-electron chi connectivity index (χ1n) is 4.60. The minimum Gasteiger partial charge on any atom is -0.456 e. The zero-order valence-corrected chi connectivity index (χ0v) is 10.4. The third-order valence-electron chi connectivity index (χ3n) is 1.93. The Morgan fingerprint density at radius 2 is 2.00 bits per heavy atom. The van der Waals surface area contributed by atoms with Gasteiger partial charge in [0.1, 0.15) is 15.2 Å². The number of rotatable bonds is 2. The molecule has 1 aromatic carbocycles. The summed E-state index contributed by atoms with van der Waals surface area (Å²) in [5, 5.41) is 0. The number of hydrogen-bond donors (Lipinski definition) is 0. The molecule has 0 saturated carbocycles. The van der Waals surface area contributed by atoms with E-state index in [4.69, 9.17) is 4.74 Å². The highest BCUT2D eigenvalue weighted by Gasteiger charge is 1.97. The SMILES string of the molecule is Cc1cccc(Oc2ccc(I)nc2)c1. The van der Waals surface area contributed by atoms with Crippen LogP contribution >= 0.6 is 22.6 Å². The summed E-state index contributed by atoms with van der Waals surface area (Å²) in [7, 11) is 0. The molecule has 2 nitrogen and oxygen atoms in total. The molecule has 0 aliphatic heterocycles. The first-order chi connectivity index (χ1) is 7.24. The number of nitrogens with zero attached hydrogens (tertiary/aromatic N) is 1. The van der Waals surface area contributed by atoms with Crippen LogP contribution in [0.15, 0.2) is 42.6 Å². The lowest BCUT2D eigenvalue weighted by atomic mass is 10.2. The smallest absolute Gasteiger partial charge is 0.145 e. The maximum Gasteiger partial charge on any atom is 0.145 e. The quantitative estimate of drug-likeness (QED) is 0.622. The van der Waals surface area contributed by atoms with Crippen molar-refractivity contribution in [1.82, 2.24) is 4.98 Å². The van der Waals surface area contributed by atoms with Gasteiger partial charge in [-0.25, -0.2) is 4.98 Å². The molecule has 0 aliphatic carbocycles. The Labute approximate surface area is 102 Å². The van der Waals surface area contributed by atoms with E-state index in [0.717, 1.165) is 15.2 Å². The molecule has 1 heterocycles. The van der Waals surface area contributed by atoms with E-state index in [0.29, 0.717) is 0 Å². The lowest BCUT2D eigenvalue weighted by Crippen LogP contribution is -1.86. The summed E-state index contributed by atoms with van der Waals surface area (Å²) in [5.41, 5.74) is 1.19. The molecule has 0 atom stereocenters. The first-order valence-corrected chi connectivity index (χ1v) is 5.68. The molecule has 2 rings (SSSR count). The molecular weight excluding hydrogens is 301 g/mol. The number of aromatic nitrogens is 1. The van der Waals surface area contributed by atoms with Crippen molar-refractivity contribution < 1.29 is 4.74 Å². The molecule has 0 spiro atoms. The normalized spacial score (nSPS) is 10.0. The minimum absolute atomic E-state index is 0.765. The first kappa shape index (κ1) is 10.4. The number of pyridine rings is 1. The molecule has 2 aromatic rings. The highest BCUT2D eigenvalue weighted by atomic mass is 127. The van der Waals surface area contributed by atoms with Gasteiger partial charge < -0.3 is 4.74 Å². The fourth-order valence-corrected chi connectivity index (χ4v) is 1.56. The van der Waals surface area contributed by atoms with Crippen LogP contribution in [0.4, 0.5) is 0 Å². The Balaban J connectivity index is 2.18. The van der Waals surface area contributed by atoms with E-state index in [9.17, 15) is 0 Å². The van der Waals surface area contributed by atoms with Crippen molar-refractivity contribution in [1.29, 1.82) is 0 Å². The molecule has 76 valence electrons. The summed E-state index contributed by atoms with van der Waals surface area (Å²) in [6.45, 7) is 2.04. The van der Waals surface area contributed by atoms with Gasteiger partial charge in [0.2, 0.25) is 0 Å². The summed E-state index contributed by atoms with van der Waals surface area (Å²) in [6.07, 6.45) is 1.73. The van der Waals surface area contributed by atoms with Crippen LogP contribution in [0, 0.1) is 10.6 Å². The third-order valence-corrected chi connectivity index (χ3v) is 2.56. The van der Waals surface area contributed by atoms with Crippen LogP contribution in [0.3, 0.4) is 0 Å². The van der Waals surface area contributed by atoms with Crippen LogP contribution in [-0.2, 0) is 0 Å². The third kappa shape index (κ3) is 2.92. The van der Waals surface area contributed by atoms with E-state index >= 15 is 0 Å². The highest BCUT2D eigenvalue weighted by molar-refractivity contribution is 14.1. The molecule has 0 saturated heterocycles. The van der Waals surface area contributed by atoms with Gasteiger partial charge in [0.15, 0.2) is 0 Å². The van der Waals surface area contributed by atoms with Crippen LogP contribution in [0.2, 0.25) is 0 Å². The number of hydrogen-bond acceptors (Lipinski definition) is 2. The zero-order chi connectivity index (χ0) is 10.7. The van der Waals surface area contributed by atoms with Crippen molar-refractivity contribution >= 4 is 22.6 Å². The van der Waals surface area contributed by atoms with Gasteiger partial charge in [-0.05, 0) is 59.3 Å². The second-order valence-electron chi connectivity index (χ2n) is 3.24. The van der Waals surface area contributed by atoms with Gasteiger partial charge in [0.25, 0.3) is 0 Å². The summed E-state index contributed by atoms with van der Waals surface area (Å²) in [4.78, 5) is 4.16. The van der Waals surface area contributed by atoms with Crippen molar-refractivity contribution in [3.05, 3.63) is 51.9 Å². The van der Waals surface area contributed by atoms with Crippen LogP contribution in [-0.4, -0.2) is 4.98 Å². The average Bonchev–Trinajstić information content (AvgIpc) is 2.22. The van der Waals surface area contributed by atoms with Crippen LogP contribution in [0.5, 0.6) is 11.5 Å². The molecule has 1 aromatic heterocycles. The molecule has 0 aliphatic rings. The fraction of sp³-hybridized carbons (Fsp3) is 0.0833. The van der Waals surface area contributed by atoms with Gasteiger partial charge in [-0.15, -0.1) is 0 Å². The lowest BCUT2D eigenvalue weighted by molar-refractivity contribution is 0.479. The van der Waals surface area contributed by atoms with E-state index in [-0.39, 0.29) is 0 Å². The molecule has 3 heteroatoms. The van der Waals surface area contributed by atoms with Gasteiger partial charge in [0, 0.05) is 0 Å². The van der Waals surface area contributed by atoms with Crippen LogP contribution in [0.25, 0.3) is 0 Å². The predicted molar refractivity (Wildman–Crippen MR) is 68.2 cm³/mol. The standard InChI is InChI=1S/C12H10INO/c1-9-3-2-4-10(7-9)15-11-5-6-12(13)14-8-11/h2-8H,1H3. The average molecular weight is 311 g/mol. The summed E-state index contributed by atoms with van der Waals surface area (Å²) in [6, 6.07) is 11.8. The van der Waals surface area contributed by atoms with Gasteiger partial charge in [-0.1, -0.05) is 12.1 Å². The number of halogens is 1. The topological polar surface area (TPSA) is 22.1 Å². The molecule has 15 heavy (non-hydrogen) atoms. The summed E-state index contributed by atoms with van der Waals surface area (Å²) < 4.78 is 6.61. The van der Waals surface area contributed by atoms with E-state index < -0.39 is 0 Å². The van der Waals surface area contributed by atoms with E-state index in [1.165, 1.54) is 5.56 Å². The summed E-state index contributed by atoms with van der Waals surface area (Å²) >= 11 is 2.17. The number of benzene rings is 1. The maximum absolute atomic E-state index is 5.65. The van der Waals surface area contributed by atoms with Crippen LogP contribution in [0.1, 0.15) is 5.56 Å². The maximum atomic E-state index is 5.65.